The first-order chi connectivity index (χ1) is 17.7. The van der Waals surface area contributed by atoms with Gasteiger partial charge in [0.05, 0.1) is 25.7 Å². The van der Waals surface area contributed by atoms with E-state index in [4.69, 9.17) is 9.47 Å². The molecular weight excluding hydrogens is 475 g/mol. The van der Waals surface area contributed by atoms with E-state index in [9.17, 15) is 24.9 Å². The number of morpholine rings is 1. The van der Waals surface area contributed by atoms with Crippen LogP contribution >= 0.6 is 0 Å². The van der Waals surface area contributed by atoms with Crippen LogP contribution in [0.5, 0.6) is 0 Å². The molecule has 3 N–H and O–H groups in total. The highest BCUT2D eigenvalue weighted by Crippen LogP contribution is 2.22. The summed E-state index contributed by atoms with van der Waals surface area (Å²) in [4.78, 5) is 29.7. The zero-order chi connectivity index (χ0) is 26.8. The van der Waals surface area contributed by atoms with E-state index in [1.54, 1.807) is 11.0 Å². The second kappa shape index (κ2) is 13.6. The predicted molar refractivity (Wildman–Crippen MR) is 138 cm³/mol. The predicted octanol–water partition coefficient (Wildman–Crippen LogP) is 1.28. The Balaban J connectivity index is 1.62. The molecule has 3 rings (SSSR count). The first-order valence-electron chi connectivity index (χ1n) is 12.8. The number of nitriles is 1. The monoisotopic (exact) mass is 512 g/mol. The lowest BCUT2D eigenvalue weighted by atomic mass is 9.76. The van der Waals surface area contributed by atoms with Gasteiger partial charge in [-0.2, -0.15) is 5.26 Å². The van der Waals surface area contributed by atoms with E-state index in [2.05, 4.69) is 16.3 Å². The van der Waals surface area contributed by atoms with Crippen molar-refractivity contribution in [2.45, 2.75) is 57.1 Å². The fourth-order valence-electron chi connectivity index (χ4n) is 4.72. The fraction of sp³-hybridized carbons (Fsp3) is 0.577. The molecule has 2 amide bonds. The summed E-state index contributed by atoms with van der Waals surface area (Å²) in [7, 11) is -1.77. The third-order valence-corrected chi connectivity index (χ3v) is 6.83. The molecule has 2 heterocycles. The van der Waals surface area contributed by atoms with Crippen LogP contribution in [-0.2, 0) is 20.7 Å². The first-order valence-corrected chi connectivity index (χ1v) is 12.8. The van der Waals surface area contributed by atoms with Crippen LogP contribution in [0.25, 0.3) is 0 Å². The van der Waals surface area contributed by atoms with Crippen LogP contribution in [-0.4, -0.2) is 95.9 Å². The molecule has 0 radical (unpaired) electrons. The molecule has 0 aliphatic carbocycles. The van der Waals surface area contributed by atoms with Gasteiger partial charge in [0.25, 0.3) is 5.91 Å². The fourth-order valence-corrected chi connectivity index (χ4v) is 4.72. The van der Waals surface area contributed by atoms with E-state index in [1.807, 2.05) is 44.2 Å². The number of amides is 2. The molecule has 10 nitrogen and oxygen atoms in total. The molecule has 0 spiro atoms. The number of benzene rings is 1. The molecule has 0 aromatic heterocycles. The maximum Gasteiger partial charge on any atom is 0.475 e. The molecule has 200 valence electrons. The Morgan fingerprint density at radius 1 is 1.24 bits per heavy atom. The summed E-state index contributed by atoms with van der Waals surface area (Å²) >= 11 is 0. The van der Waals surface area contributed by atoms with Gasteiger partial charge in [-0.25, -0.2) is 4.79 Å². The van der Waals surface area contributed by atoms with Crippen molar-refractivity contribution in [2.75, 3.05) is 39.4 Å². The molecule has 1 unspecified atom stereocenters. The van der Waals surface area contributed by atoms with Gasteiger partial charge in [0.1, 0.15) is 17.7 Å². The minimum absolute atomic E-state index is 0.0629. The van der Waals surface area contributed by atoms with Crippen molar-refractivity contribution in [1.29, 1.82) is 5.26 Å². The number of hydrogen-bond donors (Lipinski definition) is 3. The second-order valence-electron chi connectivity index (χ2n) is 10.1. The van der Waals surface area contributed by atoms with Gasteiger partial charge in [0.15, 0.2) is 0 Å². The van der Waals surface area contributed by atoms with Gasteiger partial charge in [-0.1, -0.05) is 30.3 Å². The number of likely N-dealkylation sites (tertiary alicyclic amines) is 1. The van der Waals surface area contributed by atoms with Crippen molar-refractivity contribution < 1.29 is 29.1 Å². The van der Waals surface area contributed by atoms with Gasteiger partial charge in [0.2, 0.25) is 0 Å². The first kappa shape index (κ1) is 28.7. The maximum atomic E-state index is 13.3. The molecule has 2 aliphatic heterocycles. The van der Waals surface area contributed by atoms with Crippen LogP contribution in [0.3, 0.4) is 0 Å². The molecule has 37 heavy (non-hydrogen) atoms. The van der Waals surface area contributed by atoms with Gasteiger partial charge in [0, 0.05) is 25.2 Å². The van der Waals surface area contributed by atoms with Gasteiger partial charge in [-0.15, -0.1) is 0 Å². The van der Waals surface area contributed by atoms with Gasteiger partial charge >= 0.3 is 13.2 Å². The van der Waals surface area contributed by atoms with Crippen LogP contribution < -0.4 is 5.32 Å². The van der Waals surface area contributed by atoms with Crippen molar-refractivity contribution in [3.63, 3.8) is 0 Å². The Bertz CT molecular complexity index is 975. The molecule has 2 saturated heterocycles. The number of carbonyl (C=O) groups is 2. The summed E-state index contributed by atoms with van der Waals surface area (Å²) in [6, 6.07) is 11.2. The molecule has 2 fully saturated rings. The zero-order valence-electron chi connectivity index (χ0n) is 21.6. The summed E-state index contributed by atoms with van der Waals surface area (Å²) in [5.41, 5.74) is 0.404. The van der Waals surface area contributed by atoms with Crippen molar-refractivity contribution >= 4 is 19.1 Å². The molecular formula is C26H37BN4O6. The lowest BCUT2D eigenvalue weighted by Gasteiger charge is -2.39. The minimum Gasteiger partial charge on any atom is -0.444 e. The van der Waals surface area contributed by atoms with E-state index >= 15 is 0 Å². The van der Waals surface area contributed by atoms with Crippen LogP contribution in [0.2, 0.25) is 0 Å². The summed E-state index contributed by atoms with van der Waals surface area (Å²) in [5.74, 6) is -1.33. The van der Waals surface area contributed by atoms with Crippen LogP contribution in [0, 0.1) is 11.3 Å². The number of ether oxygens (including phenoxy) is 2. The summed E-state index contributed by atoms with van der Waals surface area (Å²) in [6.45, 7) is 7.24. The molecule has 1 aromatic rings. The Morgan fingerprint density at radius 3 is 2.59 bits per heavy atom. The normalized spacial score (nSPS) is 20.4. The molecule has 0 saturated carbocycles. The van der Waals surface area contributed by atoms with Crippen LogP contribution in [0.4, 0.5) is 4.79 Å². The number of carbonyl (C=O) groups excluding carboxylic acids is 2. The van der Waals surface area contributed by atoms with Crippen LogP contribution in [0.1, 0.15) is 38.7 Å². The third-order valence-electron chi connectivity index (χ3n) is 6.83. The topological polar surface area (TPSA) is 135 Å². The van der Waals surface area contributed by atoms with E-state index in [-0.39, 0.29) is 24.4 Å². The number of hydrogen-bond acceptors (Lipinski definition) is 8. The standard InChI is InChI=1S/C26H37BN4O6/c1-26(2,31-12-14-36-15-13-31)17-21(18-28)24(32)30-11-7-6-10-22(19-30)37-25(33)29-23(27(34)35)16-20-8-4-3-5-9-20/h3-5,8-9,17,22-23,34-35H,6-7,10-16,19H2,1-2H3,(H,29,33)/t22-,23?/m1/s1. The largest absolute Gasteiger partial charge is 0.475 e. The molecule has 2 aliphatic rings. The highest BCUT2D eigenvalue weighted by molar-refractivity contribution is 6.43. The summed E-state index contributed by atoms with van der Waals surface area (Å²) in [5, 5.41) is 31.8. The Kier molecular flexibility index (Phi) is 10.5. The molecule has 0 bridgehead atoms. The summed E-state index contributed by atoms with van der Waals surface area (Å²) in [6.07, 6.45) is 2.62. The highest BCUT2D eigenvalue weighted by Gasteiger charge is 2.32. The van der Waals surface area contributed by atoms with Crippen molar-refractivity contribution in [1.82, 2.24) is 15.1 Å². The average Bonchev–Trinajstić information content (AvgIpc) is 3.13. The smallest absolute Gasteiger partial charge is 0.444 e. The SMILES string of the molecule is CC(C)(C=C(C#N)C(=O)N1CCCC[C@@H](OC(=O)NC(Cc2ccccc2)B(O)O)C1)N1CCOCC1. The minimum atomic E-state index is -1.77. The van der Waals surface area contributed by atoms with Gasteiger partial charge < -0.3 is 29.7 Å². The van der Waals surface area contributed by atoms with Crippen molar-refractivity contribution in [2.24, 2.45) is 0 Å². The number of nitrogens with one attached hydrogen (secondary N) is 1. The van der Waals surface area contributed by atoms with Gasteiger partial charge in [-0.3, -0.25) is 9.69 Å². The van der Waals surface area contributed by atoms with E-state index in [0.717, 1.165) is 31.5 Å². The number of rotatable bonds is 8. The van der Waals surface area contributed by atoms with Crippen molar-refractivity contribution in [3.05, 3.63) is 47.5 Å². The zero-order valence-corrected chi connectivity index (χ0v) is 21.6. The quantitative estimate of drug-likeness (QED) is 0.269. The third kappa shape index (κ3) is 8.57. The lowest BCUT2D eigenvalue weighted by molar-refractivity contribution is -0.127. The molecule has 1 aromatic carbocycles. The Hall–Kier alpha value is -2.91. The molecule has 2 atom stereocenters. The second-order valence-corrected chi connectivity index (χ2v) is 10.1. The summed E-state index contributed by atoms with van der Waals surface area (Å²) < 4.78 is 11.0. The Morgan fingerprint density at radius 2 is 1.95 bits per heavy atom. The van der Waals surface area contributed by atoms with Crippen molar-refractivity contribution in [3.8, 4) is 6.07 Å². The number of nitrogens with zero attached hydrogens (tertiary/aromatic N) is 3. The Labute approximate surface area is 219 Å². The lowest BCUT2D eigenvalue weighted by Crippen LogP contribution is -2.50. The van der Waals surface area contributed by atoms with E-state index in [0.29, 0.717) is 26.2 Å². The van der Waals surface area contributed by atoms with E-state index < -0.39 is 30.8 Å². The maximum absolute atomic E-state index is 13.3. The molecule has 11 heteroatoms. The highest BCUT2D eigenvalue weighted by atomic mass is 16.6. The van der Waals surface area contributed by atoms with E-state index in [1.165, 1.54) is 0 Å². The van der Waals surface area contributed by atoms with Crippen LogP contribution in [0.15, 0.2) is 42.0 Å². The average molecular weight is 512 g/mol. The van der Waals surface area contributed by atoms with Gasteiger partial charge in [-0.05, 0) is 51.2 Å². The number of alkyl carbamates (subject to hydrolysis) is 1.